The van der Waals surface area contributed by atoms with Gasteiger partial charge in [0, 0.05) is 12.6 Å². The van der Waals surface area contributed by atoms with E-state index in [0.717, 1.165) is 18.1 Å². The van der Waals surface area contributed by atoms with Crippen molar-refractivity contribution in [1.29, 1.82) is 0 Å². The number of rotatable bonds is 5. The SMILES string of the molecule is CC1(C(=O)O)CCN(Cc2ccc(Oc3ccccc3)o2)C1. The molecule has 0 spiro atoms. The number of carbonyl (C=O) groups is 1. The minimum atomic E-state index is -0.734. The molecule has 0 saturated carbocycles. The molecule has 5 nitrogen and oxygen atoms in total. The van der Waals surface area contributed by atoms with E-state index in [2.05, 4.69) is 4.90 Å². The highest BCUT2D eigenvalue weighted by Crippen LogP contribution is 2.32. The molecule has 1 aromatic heterocycles. The third-order valence-electron chi connectivity index (χ3n) is 4.05. The minimum absolute atomic E-state index is 0.446. The van der Waals surface area contributed by atoms with Crippen LogP contribution in [0, 0.1) is 5.41 Å². The number of aliphatic carboxylic acids is 1. The van der Waals surface area contributed by atoms with Gasteiger partial charge in [-0.15, -0.1) is 0 Å². The van der Waals surface area contributed by atoms with Crippen LogP contribution >= 0.6 is 0 Å². The highest BCUT2D eigenvalue weighted by molar-refractivity contribution is 5.74. The van der Waals surface area contributed by atoms with Crippen LogP contribution in [0.15, 0.2) is 46.9 Å². The summed E-state index contributed by atoms with van der Waals surface area (Å²) in [6.07, 6.45) is 0.663. The van der Waals surface area contributed by atoms with E-state index in [-0.39, 0.29) is 0 Å². The Morgan fingerprint density at radius 1 is 1.32 bits per heavy atom. The number of carboxylic acid groups (broad SMARTS) is 1. The number of nitrogens with zero attached hydrogens (tertiary/aromatic N) is 1. The van der Waals surface area contributed by atoms with Gasteiger partial charge in [0.25, 0.3) is 5.95 Å². The molecule has 1 N–H and O–H groups in total. The number of para-hydroxylation sites is 1. The summed E-state index contributed by atoms with van der Waals surface area (Å²) in [7, 11) is 0. The first-order valence-corrected chi connectivity index (χ1v) is 7.32. The molecule has 1 fully saturated rings. The molecule has 22 heavy (non-hydrogen) atoms. The predicted molar refractivity (Wildman–Crippen MR) is 80.9 cm³/mol. The second-order valence-electron chi connectivity index (χ2n) is 5.96. The van der Waals surface area contributed by atoms with Gasteiger partial charge in [-0.1, -0.05) is 18.2 Å². The van der Waals surface area contributed by atoms with Gasteiger partial charge in [0.2, 0.25) is 0 Å². The lowest BCUT2D eigenvalue weighted by Gasteiger charge is -2.19. The zero-order valence-electron chi connectivity index (χ0n) is 12.5. The molecule has 2 aromatic rings. The summed E-state index contributed by atoms with van der Waals surface area (Å²) < 4.78 is 11.3. The van der Waals surface area contributed by atoms with Gasteiger partial charge in [0.15, 0.2) is 0 Å². The summed E-state index contributed by atoms with van der Waals surface area (Å²) in [6.45, 7) is 3.69. The van der Waals surface area contributed by atoms with Gasteiger partial charge in [-0.3, -0.25) is 9.69 Å². The molecule has 0 amide bonds. The number of carboxylic acids is 1. The van der Waals surface area contributed by atoms with E-state index >= 15 is 0 Å². The quantitative estimate of drug-likeness (QED) is 0.917. The Hall–Kier alpha value is -2.27. The van der Waals surface area contributed by atoms with Crippen LogP contribution in [0.2, 0.25) is 0 Å². The van der Waals surface area contributed by atoms with Crippen LogP contribution in [0.4, 0.5) is 0 Å². The van der Waals surface area contributed by atoms with Crippen LogP contribution in [-0.4, -0.2) is 29.1 Å². The van der Waals surface area contributed by atoms with Crippen molar-refractivity contribution in [2.24, 2.45) is 5.41 Å². The van der Waals surface area contributed by atoms with Crippen LogP contribution < -0.4 is 4.74 Å². The van der Waals surface area contributed by atoms with E-state index in [1.165, 1.54) is 0 Å². The maximum Gasteiger partial charge on any atom is 0.310 e. The molecular weight excluding hydrogens is 282 g/mol. The van der Waals surface area contributed by atoms with Gasteiger partial charge in [-0.05, 0) is 38.1 Å². The van der Waals surface area contributed by atoms with Crippen molar-refractivity contribution in [1.82, 2.24) is 4.90 Å². The molecule has 1 saturated heterocycles. The molecule has 1 aliphatic rings. The first kappa shape index (κ1) is 14.7. The predicted octanol–water partition coefficient (Wildman–Crippen LogP) is 3.37. The molecule has 0 aliphatic carbocycles. The molecule has 1 unspecified atom stereocenters. The maximum atomic E-state index is 11.3. The third kappa shape index (κ3) is 3.14. The lowest BCUT2D eigenvalue weighted by molar-refractivity contribution is -0.147. The standard InChI is InChI=1S/C17H19NO4/c1-17(16(19)20)9-10-18(12-17)11-14-7-8-15(22-14)21-13-5-3-2-4-6-13/h2-8H,9-12H2,1H3,(H,19,20). The molecule has 1 aromatic carbocycles. The molecule has 0 bridgehead atoms. The van der Waals surface area contributed by atoms with Crippen LogP contribution in [0.3, 0.4) is 0 Å². The Kier molecular flexibility index (Phi) is 3.90. The van der Waals surface area contributed by atoms with Gasteiger partial charge >= 0.3 is 5.97 Å². The van der Waals surface area contributed by atoms with Crippen LogP contribution in [0.1, 0.15) is 19.1 Å². The minimum Gasteiger partial charge on any atom is -0.481 e. The fraction of sp³-hybridized carbons (Fsp3) is 0.353. The monoisotopic (exact) mass is 301 g/mol. The largest absolute Gasteiger partial charge is 0.481 e. The molecule has 116 valence electrons. The van der Waals surface area contributed by atoms with Crippen molar-refractivity contribution >= 4 is 5.97 Å². The fourth-order valence-corrected chi connectivity index (χ4v) is 2.69. The lowest BCUT2D eigenvalue weighted by atomic mass is 9.90. The Morgan fingerprint density at radius 3 is 2.77 bits per heavy atom. The molecule has 1 atom stereocenters. The zero-order chi connectivity index (χ0) is 15.6. The summed E-state index contributed by atoms with van der Waals surface area (Å²) in [5.74, 6) is 1.22. The molecular formula is C17H19NO4. The van der Waals surface area contributed by atoms with Crippen molar-refractivity contribution in [3.63, 3.8) is 0 Å². The van der Waals surface area contributed by atoms with E-state index in [4.69, 9.17) is 9.15 Å². The summed E-state index contributed by atoms with van der Waals surface area (Å²) in [4.78, 5) is 13.4. The number of hydrogen-bond acceptors (Lipinski definition) is 4. The normalized spacial score (nSPS) is 21.9. The van der Waals surface area contributed by atoms with E-state index in [1.807, 2.05) is 36.4 Å². The number of ether oxygens (including phenoxy) is 1. The van der Waals surface area contributed by atoms with E-state index < -0.39 is 11.4 Å². The Labute approximate surface area is 129 Å². The fourth-order valence-electron chi connectivity index (χ4n) is 2.69. The Balaban J connectivity index is 1.60. The van der Waals surface area contributed by atoms with Gasteiger partial charge < -0.3 is 14.3 Å². The van der Waals surface area contributed by atoms with E-state index in [9.17, 15) is 9.90 Å². The van der Waals surface area contributed by atoms with E-state index in [0.29, 0.717) is 25.5 Å². The highest BCUT2D eigenvalue weighted by Gasteiger charge is 2.40. The van der Waals surface area contributed by atoms with Gasteiger partial charge in [-0.25, -0.2) is 0 Å². The second-order valence-corrected chi connectivity index (χ2v) is 5.96. The van der Waals surface area contributed by atoms with Crippen molar-refractivity contribution < 1.29 is 19.1 Å². The van der Waals surface area contributed by atoms with Crippen LogP contribution in [-0.2, 0) is 11.3 Å². The summed E-state index contributed by atoms with van der Waals surface area (Å²) in [5.41, 5.74) is -0.657. The van der Waals surface area contributed by atoms with Crippen molar-refractivity contribution in [3.8, 4) is 11.7 Å². The topological polar surface area (TPSA) is 62.9 Å². The van der Waals surface area contributed by atoms with Crippen LogP contribution in [0.5, 0.6) is 11.7 Å². The van der Waals surface area contributed by atoms with Crippen molar-refractivity contribution in [2.45, 2.75) is 19.9 Å². The first-order valence-electron chi connectivity index (χ1n) is 7.32. The Morgan fingerprint density at radius 2 is 2.09 bits per heavy atom. The van der Waals surface area contributed by atoms with E-state index in [1.54, 1.807) is 13.0 Å². The van der Waals surface area contributed by atoms with Crippen molar-refractivity contribution in [2.75, 3.05) is 13.1 Å². The van der Waals surface area contributed by atoms with Gasteiger partial charge in [0.1, 0.15) is 11.5 Å². The molecule has 0 radical (unpaired) electrons. The van der Waals surface area contributed by atoms with Crippen LogP contribution in [0.25, 0.3) is 0 Å². The van der Waals surface area contributed by atoms with Gasteiger partial charge in [0.05, 0.1) is 12.0 Å². The summed E-state index contributed by atoms with van der Waals surface area (Å²) in [5, 5.41) is 9.25. The number of benzene rings is 1. The number of likely N-dealkylation sites (tertiary alicyclic amines) is 1. The smallest absolute Gasteiger partial charge is 0.310 e. The first-order chi connectivity index (χ1) is 10.5. The zero-order valence-corrected chi connectivity index (χ0v) is 12.5. The van der Waals surface area contributed by atoms with Crippen molar-refractivity contribution in [3.05, 3.63) is 48.2 Å². The molecule has 1 aliphatic heterocycles. The average Bonchev–Trinajstić information content (AvgIpc) is 3.08. The maximum absolute atomic E-state index is 11.3. The average molecular weight is 301 g/mol. The highest BCUT2D eigenvalue weighted by atomic mass is 16.6. The lowest BCUT2D eigenvalue weighted by Crippen LogP contribution is -2.31. The summed E-state index contributed by atoms with van der Waals surface area (Å²) >= 11 is 0. The molecule has 5 heteroatoms. The third-order valence-corrected chi connectivity index (χ3v) is 4.05. The second kappa shape index (κ2) is 5.85. The molecule has 2 heterocycles. The molecule has 3 rings (SSSR count). The summed E-state index contributed by atoms with van der Waals surface area (Å²) in [6, 6.07) is 13.1. The Bertz CT molecular complexity index is 652. The number of hydrogen-bond donors (Lipinski definition) is 1. The van der Waals surface area contributed by atoms with Gasteiger partial charge in [-0.2, -0.15) is 0 Å². The number of furan rings is 1.